The quantitative estimate of drug-likeness (QED) is 0.795. The number of amides is 1. The van der Waals surface area contributed by atoms with E-state index < -0.39 is 5.82 Å². The van der Waals surface area contributed by atoms with Crippen LogP contribution >= 0.6 is 11.3 Å². The van der Waals surface area contributed by atoms with E-state index in [4.69, 9.17) is 0 Å². The predicted octanol–water partition coefficient (Wildman–Crippen LogP) is 0.711. The number of carbonyl (C=O) groups is 1. The summed E-state index contributed by atoms with van der Waals surface area (Å²) in [4.78, 5) is 26.6. The smallest absolute Gasteiger partial charge is 0.268 e. The molecule has 1 saturated heterocycles. The number of nitriles is 1. The molecule has 0 bridgehead atoms. The number of likely N-dealkylation sites (tertiary alicyclic amines) is 1. The van der Waals surface area contributed by atoms with Gasteiger partial charge in [-0.2, -0.15) is 5.26 Å². The monoisotopic (exact) mass is 357 g/mol. The maximum Gasteiger partial charge on any atom is 0.268 e. The van der Waals surface area contributed by atoms with Gasteiger partial charge in [0.05, 0.1) is 4.53 Å². The third kappa shape index (κ3) is 3.39. The Morgan fingerprint density at radius 3 is 2.72 bits per heavy atom. The molecule has 1 amide bonds. The van der Waals surface area contributed by atoms with Crippen LogP contribution in [0.25, 0.3) is 11.6 Å². The molecule has 0 aliphatic carbocycles. The number of carbonyl (C=O) groups excluding carboxylic acids is 1. The fourth-order valence-corrected chi connectivity index (χ4v) is 3.88. The summed E-state index contributed by atoms with van der Waals surface area (Å²) in [5, 5.41) is 9.46. The molecule has 1 aliphatic rings. The summed E-state index contributed by atoms with van der Waals surface area (Å²) in [5.41, 5.74) is 0.214. The number of rotatable bonds is 2. The summed E-state index contributed by atoms with van der Waals surface area (Å²) in [5.74, 6) is -0.731. The van der Waals surface area contributed by atoms with Crippen LogP contribution in [-0.2, 0) is 11.8 Å². The lowest BCUT2D eigenvalue weighted by molar-refractivity contribution is -0.123. The summed E-state index contributed by atoms with van der Waals surface area (Å²) < 4.78 is 15.3. The molecule has 0 radical (unpaired) electrons. The van der Waals surface area contributed by atoms with E-state index in [0.29, 0.717) is 27.8 Å². The predicted molar refractivity (Wildman–Crippen MR) is 93.6 cm³/mol. The average Bonchev–Trinajstić information content (AvgIpc) is 3.21. The molecular weight excluding hydrogens is 341 g/mol. The highest BCUT2D eigenvalue weighted by Gasteiger charge is 2.23. The Balaban J connectivity index is 2.16. The molecule has 0 saturated carbocycles. The van der Waals surface area contributed by atoms with E-state index in [1.165, 1.54) is 23.7 Å². The number of benzene rings is 1. The lowest BCUT2D eigenvalue weighted by Gasteiger charge is -2.13. The third-order valence-corrected chi connectivity index (χ3v) is 5.29. The average molecular weight is 357 g/mol. The lowest BCUT2D eigenvalue weighted by atomic mass is 10.2. The summed E-state index contributed by atoms with van der Waals surface area (Å²) in [6.07, 6.45) is 3.41. The van der Waals surface area contributed by atoms with Crippen LogP contribution in [0.5, 0.6) is 0 Å². The molecule has 0 spiro atoms. The van der Waals surface area contributed by atoms with Gasteiger partial charge in [0.2, 0.25) is 0 Å². The van der Waals surface area contributed by atoms with E-state index in [-0.39, 0.29) is 17.0 Å². The van der Waals surface area contributed by atoms with Gasteiger partial charge in [0, 0.05) is 20.1 Å². The third-order valence-electron chi connectivity index (χ3n) is 4.11. The van der Waals surface area contributed by atoms with Crippen molar-refractivity contribution in [2.24, 2.45) is 7.05 Å². The largest absolute Gasteiger partial charge is 0.338 e. The van der Waals surface area contributed by atoms with E-state index in [2.05, 4.69) is 0 Å². The minimum Gasteiger partial charge on any atom is -0.338 e. The molecule has 0 N–H and O–H groups in total. The van der Waals surface area contributed by atoms with Crippen LogP contribution in [0.1, 0.15) is 18.4 Å². The Labute approximate surface area is 147 Å². The Bertz CT molecular complexity index is 1040. The van der Waals surface area contributed by atoms with Crippen molar-refractivity contribution < 1.29 is 9.18 Å². The summed E-state index contributed by atoms with van der Waals surface area (Å²) in [6.45, 7) is 1.26. The molecule has 2 heterocycles. The zero-order valence-electron chi connectivity index (χ0n) is 13.7. The maximum atomic E-state index is 13.3. The zero-order valence-corrected chi connectivity index (χ0v) is 14.5. The number of halogens is 1. The van der Waals surface area contributed by atoms with Crippen LogP contribution < -0.4 is 14.8 Å². The molecule has 1 aliphatic heterocycles. The van der Waals surface area contributed by atoms with Crippen LogP contribution in [0.15, 0.2) is 29.1 Å². The van der Waals surface area contributed by atoms with Gasteiger partial charge in [-0.1, -0.05) is 12.1 Å². The number of hydrogen-bond acceptors (Lipinski definition) is 4. The molecule has 128 valence electrons. The first-order chi connectivity index (χ1) is 12.0. The van der Waals surface area contributed by atoms with E-state index in [9.17, 15) is 19.2 Å². The van der Waals surface area contributed by atoms with Crippen LogP contribution in [0.3, 0.4) is 0 Å². The standard InChI is InChI=1S/C18H16FN3O2S/c1-21-17(24)15(10-12-5-4-6-13(19)9-12)25-18(21)14(11-20)16(23)22-7-2-3-8-22/h4-6,9-10H,2-3,7-8H2,1H3. The molecule has 3 rings (SSSR count). The van der Waals surface area contributed by atoms with E-state index >= 15 is 0 Å². The van der Waals surface area contributed by atoms with Gasteiger partial charge in [-0.15, -0.1) is 11.3 Å². The highest BCUT2D eigenvalue weighted by atomic mass is 32.1. The first kappa shape index (κ1) is 17.1. The van der Waals surface area contributed by atoms with E-state index in [1.807, 2.05) is 6.07 Å². The Morgan fingerprint density at radius 1 is 1.36 bits per heavy atom. The number of hydrogen-bond donors (Lipinski definition) is 0. The normalized spacial score (nSPS) is 16.0. The van der Waals surface area contributed by atoms with Gasteiger partial charge in [-0.05, 0) is 36.6 Å². The molecule has 0 atom stereocenters. The molecule has 25 heavy (non-hydrogen) atoms. The second-order valence-electron chi connectivity index (χ2n) is 5.82. The first-order valence-corrected chi connectivity index (χ1v) is 8.69. The highest BCUT2D eigenvalue weighted by molar-refractivity contribution is 7.07. The first-order valence-electron chi connectivity index (χ1n) is 7.88. The van der Waals surface area contributed by atoms with Crippen molar-refractivity contribution in [1.82, 2.24) is 9.47 Å². The maximum absolute atomic E-state index is 13.3. The molecule has 1 fully saturated rings. The molecular formula is C18H16FN3O2S. The minimum atomic E-state index is -0.393. The second kappa shape index (κ2) is 7.03. The molecule has 2 aromatic rings. The van der Waals surface area contributed by atoms with Crippen LogP contribution in [-0.4, -0.2) is 28.5 Å². The van der Waals surface area contributed by atoms with Crippen LogP contribution in [0.2, 0.25) is 0 Å². The van der Waals surface area contributed by atoms with Crippen molar-refractivity contribution in [2.75, 3.05) is 13.1 Å². The van der Waals surface area contributed by atoms with Gasteiger partial charge in [0.25, 0.3) is 11.5 Å². The number of thiazole rings is 1. The van der Waals surface area contributed by atoms with Crippen molar-refractivity contribution in [1.29, 1.82) is 5.26 Å². The van der Waals surface area contributed by atoms with Gasteiger partial charge >= 0.3 is 0 Å². The van der Waals surface area contributed by atoms with E-state index in [0.717, 1.165) is 24.2 Å². The van der Waals surface area contributed by atoms with Crippen molar-refractivity contribution >= 4 is 28.9 Å². The van der Waals surface area contributed by atoms with Crippen molar-refractivity contribution in [3.8, 4) is 6.07 Å². The molecule has 7 heteroatoms. The molecule has 1 aromatic carbocycles. The zero-order chi connectivity index (χ0) is 18.0. The fraction of sp³-hybridized carbons (Fsp3) is 0.278. The van der Waals surface area contributed by atoms with Crippen LogP contribution in [0.4, 0.5) is 4.39 Å². The SMILES string of the molecule is Cn1c(=C(C#N)C(=O)N2CCCC2)sc(=Cc2cccc(F)c2)c1=O. The van der Waals surface area contributed by atoms with Gasteiger partial charge < -0.3 is 9.47 Å². The van der Waals surface area contributed by atoms with Gasteiger partial charge in [-0.25, -0.2) is 4.39 Å². The van der Waals surface area contributed by atoms with Crippen molar-refractivity contribution in [3.63, 3.8) is 0 Å². The van der Waals surface area contributed by atoms with Gasteiger partial charge in [0.15, 0.2) is 5.57 Å². The number of nitrogens with zero attached hydrogens (tertiary/aromatic N) is 3. The topological polar surface area (TPSA) is 66.1 Å². The van der Waals surface area contributed by atoms with Gasteiger partial charge in [-0.3, -0.25) is 9.59 Å². The Kier molecular flexibility index (Phi) is 4.81. The lowest BCUT2D eigenvalue weighted by Crippen LogP contribution is -2.34. The summed E-state index contributed by atoms with van der Waals surface area (Å²) in [6, 6.07) is 7.85. The summed E-state index contributed by atoms with van der Waals surface area (Å²) in [7, 11) is 1.53. The molecule has 5 nitrogen and oxygen atoms in total. The van der Waals surface area contributed by atoms with Crippen molar-refractivity contribution in [2.45, 2.75) is 12.8 Å². The molecule has 0 unspecified atom stereocenters. The van der Waals surface area contributed by atoms with E-state index in [1.54, 1.807) is 23.1 Å². The minimum absolute atomic E-state index is 0.0228. The second-order valence-corrected chi connectivity index (χ2v) is 6.85. The fourth-order valence-electron chi connectivity index (χ4n) is 2.80. The van der Waals surface area contributed by atoms with Gasteiger partial charge in [0.1, 0.15) is 16.5 Å². The highest BCUT2D eigenvalue weighted by Crippen LogP contribution is 2.11. The number of aromatic nitrogens is 1. The Hall–Kier alpha value is -2.72. The van der Waals surface area contributed by atoms with Crippen LogP contribution in [0, 0.1) is 17.1 Å². The summed E-state index contributed by atoms with van der Waals surface area (Å²) >= 11 is 1.07. The van der Waals surface area contributed by atoms with Crippen molar-refractivity contribution in [3.05, 3.63) is 55.2 Å². The molecule has 1 aromatic heterocycles. The Morgan fingerprint density at radius 2 is 2.08 bits per heavy atom.